The van der Waals surface area contributed by atoms with Gasteiger partial charge < -0.3 is 5.32 Å². The summed E-state index contributed by atoms with van der Waals surface area (Å²) in [5.74, 6) is 0.639. The third-order valence-electron chi connectivity index (χ3n) is 4.78. The van der Waals surface area contributed by atoms with Crippen molar-refractivity contribution < 1.29 is 12.6 Å². The van der Waals surface area contributed by atoms with Crippen LogP contribution in [0.5, 0.6) is 0 Å². The minimum atomic E-state index is -3.73. The van der Waals surface area contributed by atoms with Gasteiger partial charge in [0.1, 0.15) is 17.2 Å². The Morgan fingerprint density at radius 3 is 2.44 bits per heavy atom. The lowest BCUT2D eigenvalue weighted by molar-refractivity contribution is 0.157. The summed E-state index contributed by atoms with van der Waals surface area (Å²) < 4.78 is 30.3. The van der Waals surface area contributed by atoms with Crippen molar-refractivity contribution in [1.82, 2.24) is 9.97 Å². The minimum Gasteiger partial charge on any atom is -0.366 e. The molecule has 6 nitrogen and oxygen atoms in total. The summed E-state index contributed by atoms with van der Waals surface area (Å²) >= 11 is 6.33. The molecular formula is C19H24ClN3O3S. The molecule has 0 atom stereocenters. The summed E-state index contributed by atoms with van der Waals surface area (Å²) in [5.41, 5.74) is 1.82. The van der Waals surface area contributed by atoms with Gasteiger partial charge in [0.2, 0.25) is 0 Å². The van der Waals surface area contributed by atoms with Crippen LogP contribution in [0.1, 0.15) is 43.9 Å². The van der Waals surface area contributed by atoms with Crippen LogP contribution in [-0.2, 0) is 20.7 Å². The standard InChI is InChI=1S/C19H24ClN3O3S/c1-3-17-18(20)19(22-12-21-17)23-14-6-8-15(9-7-14)26-27(24,25)16-10-4-13(2)5-11-16/h4-5,10-12,14-15H,3,6-9H2,1-2H3,(H,21,22,23). The smallest absolute Gasteiger partial charge is 0.297 e. The van der Waals surface area contributed by atoms with Crippen LogP contribution in [0.15, 0.2) is 35.5 Å². The van der Waals surface area contributed by atoms with Crippen molar-refractivity contribution in [1.29, 1.82) is 0 Å². The van der Waals surface area contributed by atoms with Crippen molar-refractivity contribution in [2.75, 3.05) is 5.32 Å². The highest BCUT2D eigenvalue weighted by molar-refractivity contribution is 7.86. The number of aryl methyl sites for hydroxylation is 2. The van der Waals surface area contributed by atoms with Crippen LogP contribution in [-0.4, -0.2) is 30.5 Å². The number of halogens is 1. The number of anilines is 1. The lowest BCUT2D eigenvalue weighted by Crippen LogP contribution is -2.31. The Labute approximate surface area is 165 Å². The molecule has 1 aromatic heterocycles. The van der Waals surface area contributed by atoms with Gasteiger partial charge in [0.15, 0.2) is 0 Å². The molecule has 0 unspecified atom stereocenters. The molecule has 146 valence electrons. The van der Waals surface area contributed by atoms with Crippen molar-refractivity contribution in [2.45, 2.75) is 63.0 Å². The van der Waals surface area contributed by atoms with E-state index in [2.05, 4.69) is 15.3 Å². The maximum Gasteiger partial charge on any atom is 0.297 e. The van der Waals surface area contributed by atoms with E-state index in [-0.39, 0.29) is 17.0 Å². The van der Waals surface area contributed by atoms with E-state index in [1.54, 1.807) is 24.3 Å². The highest BCUT2D eigenvalue weighted by Crippen LogP contribution is 2.29. The fourth-order valence-corrected chi connectivity index (χ4v) is 4.61. The van der Waals surface area contributed by atoms with Crippen LogP contribution >= 0.6 is 11.6 Å². The van der Waals surface area contributed by atoms with E-state index in [1.807, 2.05) is 13.8 Å². The first kappa shape index (κ1) is 20.0. The Balaban J connectivity index is 1.57. The Bertz CT molecular complexity index is 880. The molecular weight excluding hydrogens is 386 g/mol. The van der Waals surface area contributed by atoms with Gasteiger partial charge in [0, 0.05) is 6.04 Å². The Kier molecular flexibility index (Phi) is 6.34. The Morgan fingerprint density at radius 2 is 1.81 bits per heavy atom. The molecule has 1 aliphatic carbocycles. The highest BCUT2D eigenvalue weighted by Gasteiger charge is 2.27. The van der Waals surface area contributed by atoms with Gasteiger partial charge in [-0.15, -0.1) is 0 Å². The third kappa shape index (κ3) is 4.97. The predicted octanol–water partition coefficient (Wildman–Crippen LogP) is 4.13. The molecule has 1 saturated carbocycles. The van der Waals surface area contributed by atoms with Crippen LogP contribution in [0.2, 0.25) is 5.02 Å². The van der Waals surface area contributed by atoms with Gasteiger partial charge >= 0.3 is 0 Å². The van der Waals surface area contributed by atoms with Gasteiger partial charge in [0.05, 0.1) is 16.7 Å². The molecule has 0 aliphatic heterocycles. The zero-order valence-corrected chi connectivity index (χ0v) is 17.1. The second-order valence-corrected chi connectivity index (χ2v) is 8.77. The Hall–Kier alpha value is -1.70. The summed E-state index contributed by atoms with van der Waals surface area (Å²) in [6, 6.07) is 6.89. The van der Waals surface area contributed by atoms with E-state index in [1.165, 1.54) is 6.33 Å². The van der Waals surface area contributed by atoms with E-state index in [0.717, 1.165) is 30.5 Å². The van der Waals surface area contributed by atoms with E-state index in [4.69, 9.17) is 15.8 Å². The van der Waals surface area contributed by atoms with Crippen LogP contribution in [0.25, 0.3) is 0 Å². The predicted molar refractivity (Wildman–Crippen MR) is 106 cm³/mol. The average molecular weight is 410 g/mol. The number of nitrogens with one attached hydrogen (secondary N) is 1. The molecule has 8 heteroatoms. The van der Waals surface area contributed by atoms with Crippen molar-refractivity contribution in [2.24, 2.45) is 0 Å². The summed E-state index contributed by atoms with van der Waals surface area (Å²) in [7, 11) is -3.73. The molecule has 3 rings (SSSR count). The summed E-state index contributed by atoms with van der Waals surface area (Å²) in [6.45, 7) is 3.91. The van der Waals surface area contributed by atoms with Crippen LogP contribution in [0.3, 0.4) is 0 Å². The van der Waals surface area contributed by atoms with Crippen LogP contribution in [0, 0.1) is 6.92 Å². The molecule has 0 saturated heterocycles. The molecule has 1 N–H and O–H groups in total. The number of nitrogens with zero attached hydrogens (tertiary/aromatic N) is 2. The maximum atomic E-state index is 12.4. The van der Waals surface area contributed by atoms with Gasteiger partial charge in [-0.3, -0.25) is 4.18 Å². The quantitative estimate of drug-likeness (QED) is 0.722. The van der Waals surface area contributed by atoms with Crippen molar-refractivity contribution in [3.63, 3.8) is 0 Å². The van der Waals surface area contributed by atoms with E-state index < -0.39 is 10.1 Å². The summed E-state index contributed by atoms with van der Waals surface area (Å²) in [4.78, 5) is 8.59. The van der Waals surface area contributed by atoms with Crippen molar-refractivity contribution >= 4 is 27.5 Å². The first-order chi connectivity index (χ1) is 12.9. The number of aromatic nitrogens is 2. The molecule has 0 radical (unpaired) electrons. The molecule has 0 amide bonds. The number of rotatable bonds is 6. The maximum absolute atomic E-state index is 12.4. The second-order valence-electron chi connectivity index (χ2n) is 6.82. The molecule has 1 heterocycles. The normalized spacial score (nSPS) is 20.4. The van der Waals surface area contributed by atoms with Gasteiger partial charge in [-0.05, 0) is 51.2 Å². The molecule has 0 bridgehead atoms. The SMILES string of the molecule is CCc1ncnc(NC2CCC(OS(=O)(=O)c3ccc(C)cc3)CC2)c1Cl. The van der Waals surface area contributed by atoms with Gasteiger partial charge in [-0.2, -0.15) is 8.42 Å². The molecule has 1 fully saturated rings. The molecule has 2 aromatic rings. The zero-order chi connectivity index (χ0) is 19.4. The highest BCUT2D eigenvalue weighted by atomic mass is 35.5. The van der Waals surface area contributed by atoms with Gasteiger partial charge in [-0.1, -0.05) is 36.2 Å². The number of hydrogen-bond donors (Lipinski definition) is 1. The van der Waals surface area contributed by atoms with Gasteiger partial charge in [0.25, 0.3) is 10.1 Å². The van der Waals surface area contributed by atoms with E-state index in [0.29, 0.717) is 23.7 Å². The number of benzene rings is 1. The number of hydrogen-bond acceptors (Lipinski definition) is 6. The Morgan fingerprint density at radius 1 is 1.15 bits per heavy atom. The fourth-order valence-electron chi connectivity index (χ4n) is 3.19. The average Bonchev–Trinajstić information content (AvgIpc) is 2.65. The second kappa shape index (κ2) is 8.54. The van der Waals surface area contributed by atoms with E-state index >= 15 is 0 Å². The molecule has 27 heavy (non-hydrogen) atoms. The first-order valence-electron chi connectivity index (χ1n) is 9.15. The third-order valence-corrected chi connectivity index (χ3v) is 6.56. The van der Waals surface area contributed by atoms with Crippen molar-refractivity contribution in [3.05, 3.63) is 46.9 Å². The topological polar surface area (TPSA) is 81.2 Å². The monoisotopic (exact) mass is 409 g/mol. The van der Waals surface area contributed by atoms with Crippen LogP contribution < -0.4 is 5.32 Å². The molecule has 1 aliphatic rings. The molecule has 1 aromatic carbocycles. The zero-order valence-electron chi connectivity index (χ0n) is 15.5. The first-order valence-corrected chi connectivity index (χ1v) is 10.9. The largest absolute Gasteiger partial charge is 0.366 e. The van der Waals surface area contributed by atoms with Crippen LogP contribution in [0.4, 0.5) is 5.82 Å². The lowest BCUT2D eigenvalue weighted by Gasteiger charge is -2.29. The lowest BCUT2D eigenvalue weighted by atomic mass is 9.93. The van der Waals surface area contributed by atoms with Crippen molar-refractivity contribution in [3.8, 4) is 0 Å². The fraction of sp³-hybridized carbons (Fsp3) is 0.474. The van der Waals surface area contributed by atoms with E-state index in [9.17, 15) is 8.42 Å². The molecule has 0 spiro atoms. The summed E-state index contributed by atoms with van der Waals surface area (Å²) in [5, 5.41) is 3.91. The minimum absolute atomic E-state index is 0.184. The van der Waals surface area contributed by atoms with Gasteiger partial charge in [-0.25, -0.2) is 9.97 Å². The summed E-state index contributed by atoms with van der Waals surface area (Å²) in [6.07, 6.45) is 4.84.